The number of benzene rings is 2. The summed E-state index contributed by atoms with van der Waals surface area (Å²) in [5, 5.41) is 0.472. The number of rotatable bonds is 5. The molecule has 0 unspecified atom stereocenters. The van der Waals surface area contributed by atoms with Crippen LogP contribution in [0.3, 0.4) is 0 Å². The molecule has 2 heterocycles. The van der Waals surface area contributed by atoms with Gasteiger partial charge in [0.05, 0.1) is 30.0 Å². The van der Waals surface area contributed by atoms with Crippen LogP contribution >= 0.6 is 0 Å². The molecule has 3 aromatic rings. The summed E-state index contributed by atoms with van der Waals surface area (Å²) >= 11 is 0. The summed E-state index contributed by atoms with van der Waals surface area (Å²) in [6, 6.07) is 12.1. The van der Waals surface area contributed by atoms with Crippen molar-refractivity contribution in [1.82, 2.24) is 9.71 Å². The minimum atomic E-state index is -4.09. The van der Waals surface area contributed by atoms with Gasteiger partial charge in [-0.05, 0) is 61.1 Å². The van der Waals surface area contributed by atoms with Crippen molar-refractivity contribution in [2.45, 2.75) is 42.4 Å². The second kappa shape index (κ2) is 8.09. The largest absolute Gasteiger partial charge is 0.493 e. The fourth-order valence-electron chi connectivity index (χ4n) is 4.59. The molecule has 1 aromatic heterocycles. The normalized spacial score (nSPS) is 18.3. The third-order valence-electron chi connectivity index (χ3n) is 6.41. The Morgan fingerprint density at radius 2 is 1.97 bits per heavy atom. The molecular formula is C24H24N2O5S. The van der Waals surface area contributed by atoms with Gasteiger partial charge in [0, 0.05) is 17.1 Å². The third kappa shape index (κ3) is 3.48. The maximum Gasteiger partial charge on any atom is 0.264 e. The van der Waals surface area contributed by atoms with Gasteiger partial charge in [-0.25, -0.2) is 13.1 Å². The number of aromatic nitrogens is 1. The maximum atomic E-state index is 13.4. The highest BCUT2D eigenvalue weighted by Gasteiger charge is 2.37. The first-order valence-corrected chi connectivity index (χ1v) is 12.2. The van der Waals surface area contributed by atoms with E-state index < -0.39 is 21.8 Å². The molecule has 1 N–H and O–H groups in total. The van der Waals surface area contributed by atoms with E-state index in [0.717, 1.165) is 30.4 Å². The molecule has 1 amide bonds. The van der Waals surface area contributed by atoms with Gasteiger partial charge in [0.25, 0.3) is 10.0 Å². The van der Waals surface area contributed by atoms with E-state index in [2.05, 4.69) is 9.71 Å². The minimum absolute atomic E-state index is 0.0357. The van der Waals surface area contributed by atoms with Crippen LogP contribution in [0.1, 0.15) is 48.6 Å². The van der Waals surface area contributed by atoms with Crippen molar-refractivity contribution in [3.8, 4) is 11.5 Å². The number of hydrogen-bond donors (Lipinski definition) is 1. The summed E-state index contributed by atoms with van der Waals surface area (Å²) in [5.41, 5.74) is 2.36. The lowest BCUT2D eigenvalue weighted by Crippen LogP contribution is -2.37. The minimum Gasteiger partial charge on any atom is -0.493 e. The van der Waals surface area contributed by atoms with Gasteiger partial charge in [-0.3, -0.25) is 9.78 Å². The zero-order valence-electron chi connectivity index (χ0n) is 17.7. The van der Waals surface area contributed by atoms with Crippen LogP contribution in [0.4, 0.5) is 0 Å². The van der Waals surface area contributed by atoms with E-state index in [9.17, 15) is 13.2 Å². The lowest BCUT2D eigenvalue weighted by atomic mass is 9.74. The summed E-state index contributed by atoms with van der Waals surface area (Å²) in [6.07, 6.45) is 5.25. The Balaban J connectivity index is 1.52. The van der Waals surface area contributed by atoms with Crippen molar-refractivity contribution in [3.05, 3.63) is 59.8 Å². The molecule has 0 saturated heterocycles. The predicted molar refractivity (Wildman–Crippen MR) is 120 cm³/mol. The Kier molecular flexibility index (Phi) is 5.25. The Bertz CT molecular complexity index is 1300. The number of pyridine rings is 1. The number of fused-ring (bicyclic) bond motifs is 2. The molecule has 166 valence electrons. The van der Waals surface area contributed by atoms with Crippen LogP contribution in [0.5, 0.6) is 11.5 Å². The van der Waals surface area contributed by atoms with Crippen LogP contribution in [-0.4, -0.2) is 33.0 Å². The molecule has 2 aromatic carbocycles. The SMILES string of the molecule is COc1ccc(C2CCC2)c2c1OCC[C@@H]2C(=O)NS(=O)(=O)c1cccc2ncccc12. The average Bonchev–Trinajstić information content (AvgIpc) is 2.77. The zero-order valence-corrected chi connectivity index (χ0v) is 18.5. The van der Waals surface area contributed by atoms with Crippen LogP contribution in [0.15, 0.2) is 53.6 Å². The molecule has 1 atom stereocenters. The molecule has 5 rings (SSSR count). The molecule has 1 aliphatic heterocycles. The van der Waals surface area contributed by atoms with E-state index in [0.29, 0.717) is 41.3 Å². The number of hydrogen-bond acceptors (Lipinski definition) is 6. The Hall–Kier alpha value is -3.13. The summed E-state index contributed by atoms with van der Waals surface area (Å²) < 4.78 is 40.1. The van der Waals surface area contributed by atoms with E-state index in [1.54, 1.807) is 37.6 Å². The fourth-order valence-corrected chi connectivity index (χ4v) is 5.83. The highest BCUT2D eigenvalue weighted by Crippen LogP contribution is 2.49. The van der Waals surface area contributed by atoms with Gasteiger partial charge < -0.3 is 9.47 Å². The third-order valence-corrected chi connectivity index (χ3v) is 7.81. The smallest absolute Gasteiger partial charge is 0.264 e. The molecule has 0 spiro atoms. The first kappa shape index (κ1) is 20.8. The number of nitrogens with one attached hydrogen (secondary N) is 1. The molecular weight excluding hydrogens is 428 g/mol. The van der Waals surface area contributed by atoms with Crippen LogP contribution in [0, 0.1) is 0 Å². The number of carbonyl (C=O) groups is 1. The van der Waals surface area contributed by atoms with Gasteiger partial charge in [-0.2, -0.15) is 0 Å². The predicted octanol–water partition coefficient (Wildman–Crippen LogP) is 3.88. The van der Waals surface area contributed by atoms with Crippen molar-refractivity contribution >= 4 is 26.8 Å². The molecule has 2 aliphatic rings. The van der Waals surface area contributed by atoms with Gasteiger partial charge in [0.1, 0.15) is 0 Å². The van der Waals surface area contributed by atoms with Crippen molar-refractivity contribution < 1.29 is 22.7 Å². The van der Waals surface area contributed by atoms with E-state index in [-0.39, 0.29) is 4.90 Å². The Morgan fingerprint density at radius 1 is 1.12 bits per heavy atom. The summed E-state index contributed by atoms with van der Waals surface area (Å²) in [6.45, 7) is 0.313. The second-order valence-corrected chi connectivity index (χ2v) is 9.86. The monoisotopic (exact) mass is 452 g/mol. The lowest BCUT2D eigenvalue weighted by Gasteiger charge is -2.34. The molecule has 32 heavy (non-hydrogen) atoms. The maximum absolute atomic E-state index is 13.4. The summed E-state index contributed by atoms with van der Waals surface area (Å²) in [4.78, 5) is 17.6. The topological polar surface area (TPSA) is 94.6 Å². The van der Waals surface area contributed by atoms with Gasteiger partial charge in [0.15, 0.2) is 11.5 Å². The van der Waals surface area contributed by atoms with Crippen LogP contribution < -0.4 is 14.2 Å². The van der Waals surface area contributed by atoms with E-state index in [1.807, 2.05) is 12.1 Å². The molecule has 7 nitrogen and oxygen atoms in total. The van der Waals surface area contributed by atoms with Gasteiger partial charge in [0.2, 0.25) is 5.91 Å². The highest BCUT2D eigenvalue weighted by molar-refractivity contribution is 7.90. The fraction of sp³-hybridized carbons (Fsp3) is 0.333. The number of sulfonamides is 1. The molecule has 0 radical (unpaired) electrons. The van der Waals surface area contributed by atoms with E-state index in [1.165, 1.54) is 6.07 Å². The van der Waals surface area contributed by atoms with Crippen molar-refractivity contribution in [2.75, 3.05) is 13.7 Å². The number of ether oxygens (including phenoxy) is 2. The molecule has 0 bridgehead atoms. The standard InChI is InChI=1S/C24H24N2O5S/c1-30-20-11-10-16(15-5-2-6-15)22-18(12-14-31-23(20)22)24(27)26-32(28,29)21-9-3-8-19-17(21)7-4-13-25-19/h3-4,7-11,13,15,18H,2,5-6,12,14H2,1H3,(H,26,27)/t18-/m0/s1. The number of methoxy groups -OCH3 is 1. The van der Waals surface area contributed by atoms with Crippen molar-refractivity contribution in [1.29, 1.82) is 0 Å². The van der Waals surface area contributed by atoms with Crippen LogP contribution in [0.25, 0.3) is 10.9 Å². The molecule has 1 aliphatic carbocycles. The quantitative estimate of drug-likeness (QED) is 0.631. The van der Waals surface area contributed by atoms with Gasteiger partial charge in [-0.15, -0.1) is 0 Å². The highest BCUT2D eigenvalue weighted by atomic mass is 32.2. The summed E-state index contributed by atoms with van der Waals surface area (Å²) in [5.74, 6) is 0.280. The molecule has 1 saturated carbocycles. The number of nitrogens with zero attached hydrogens (tertiary/aromatic N) is 1. The van der Waals surface area contributed by atoms with Crippen LogP contribution in [-0.2, 0) is 14.8 Å². The van der Waals surface area contributed by atoms with Crippen molar-refractivity contribution in [2.24, 2.45) is 0 Å². The second-order valence-electron chi connectivity index (χ2n) is 8.21. The van der Waals surface area contributed by atoms with Gasteiger partial charge >= 0.3 is 0 Å². The van der Waals surface area contributed by atoms with E-state index >= 15 is 0 Å². The number of amides is 1. The average molecular weight is 453 g/mol. The summed E-state index contributed by atoms with van der Waals surface area (Å²) in [7, 11) is -2.53. The van der Waals surface area contributed by atoms with E-state index in [4.69, 9.17) is 9.47 Å². The first-order chi connectivity index (χ1) is 15.5. The van der Waals surface area contributed by atoms with Crippen LogP contribution in [0.2, 0.25) is 0 Å². The molecule has 8 heteroatoms. The van der Waals surface area contributed by atoms with Crippen molar-refractivity contribution in [3.63, 3.8) is 0 Å². The van der Waals surface area contributed by atoms with Gasteiger partial charge in [-0.1, -0.05) is 18.6 Å². The molecule has 1 fully saturated rings. The Morgan fingerprint density at radius 3 is 2.72 bits per heavy atom. The Labute approximate surface area is 186 Å². The number of carbonyl (C=O) groups excluding carboxylic acids is 1. The lowest BCUT2D eigenvalue weighted by molar-refractivity contribution is -0.121. The first-order valence-electron chi connectivity index (χ1n) is 10.7. The zero-order chi connectivity index (χ0) is 22.3.